The van der Waals surface area contributed by atoms with Crippen LogP contribution in [0.4, 0.5) is 13.2 Å². The van der Waals surface area contributed by atoms with Crippen molar-refractivity contribution in [3.05, 3.63) is 29.3 Å². The molecule has 1 saturated heterocycles. The van der Waals surface area contributed by atoms with E-state index >= 15 is 0 Å². The molecule has 1 aliphatic carbocycles. The predicted octanol–water partition coefficient (Wildman–Crippen LogP) is 2.23. The monoisotopic (exact) mass is 314 g/mol. The molecule has 120 valence electrons. The molecule has 0 atom stereocenters. The average Bonchev–Trinajstić information content (AvgIpc) is 2.30. The van der Waals surface area contributed by atoms with Gasteiger partial charge in [0, 0.05) is 13.1 Å². The van der Waals surface area contributed by atoms with E-state index in [2.05, 4.69) is 10.1 Å². The lowest BCUT2D eigenvalue weighted by molar-refractivity contribution is -0.274. The molecule has 0 unspecified atom stereocenters. The lowest BCUT2D eigenvalue weighted by atomic mass is 9.57. The summed E-state index contributed by atoms with van der Waals surface area (Å²) < 4.78 is 40.8. The zero-order valence-electron chi connectivity index (χ0n) is 11.9. The van der Waals surface area contributed by atoms with E-state index in [1.54, 1.807) is 6.07 Å². The number of benzene rings is 1. The summed E-state index contributed by atoms with van der Waals surface area (Å²) in [5.41, 5.74) is 6.19. The number of rotatable bonds is 4. The van der Waals surface area contributed by atoms with E-state index in [4.69, 9.17) is 5.73 Å². The highest BCUT2D eigenvalue weighted by molar-refractivity contribution is 5.95. The number of primary amides is 1. The van der Waals surface area contributed by atoms with Crippen LogP contribution < -0.4 is 15.8 Å². The normalized spacial score (nSPS) is 20.3. The van der Waals surface area contributed by atoms with E-state index in [1.165, 1.54) is 12.1 Å². The van der Waals surface area contributed by atoms with Gasteiger partial charge in [0.2, 0.25) is 0 Å². The molecular weight excluding hydrogens is 297 g/mol. The summed E-state index contributed by atoms with van der Waals surface area (Å²) in [5.74, 6) is -0.955. The lowest BCUT2D eigenvalue weighted by Crippen LogP contribution is -2.60. The number of halogens is 3. The molecule has 4 nitrogen and oxygen atoms in total. The molecule has 1 aromatic rings. The molecule has 22 heavy (non-hydrogen) atoms. The minimum atomic E-state index is -4.84. The second kappa shape index (κ2) is 5.15. The van der Waals surface area contributed by atoms with Crippen LogP contribution in [0.2, 0.25) is 0 Å². The molecule has 0 bridgehead atoms. The maximum atomic E-state index is 12.3. The van der Waals surface area contributed by atoms with Crippen molar-refractivity contribution in [1.82, 2.24) is 5.32 Å². The quantitative estimate of drug-likeness (QED) is 0.896. The second-order valence-electron chi connectivity index (χ2n) is 6.32. The van der Waals surface area contributed by atoms with Crippen LogP contribution in [0.15, 0.2) is 18.2 Å². The zero-order chi connectivity index (χ0) is 16.0. The molecule has 1 amide bonds. The number of carbonyl (C=O) groups is 1. The Labute approximate surface area is 125 Å². The van der Waals surface area contributed by atoms with Gasteiger partial charge in [-0.1, -0.05) is 6.07 Å². The standard InChI is InChI=1S/C15H17F3N2O2/c16-15(17,18)22-12-2-1-9(4-11(12)13(19)21)3-10-5-14(6-10)7-20-8-14/h1-2,4,10,20H,3,5-8H2,(H2,19,21). The first-order valence-electron chi connectivity index (χ1n) is 7.16. The highest BCUT2D eigenvalue weighted by atomic mass is 19.4. The maximum absolute atomic E-state index is 12.3. The van der Waals surface area contributed by atoms with Gasteiger partial charge in [-0.25, -0.2) is 0 Å². The van der Waals surface area contributed by atoms with Gasteiger partial charge in [0.05, 0.1) is 5.56 Å². The van der Waals surface area contributed by atoms with Gasteiger partial charge in [-0.15, -0.1) is 13.2 Å². The Morgan fingerprint density at radius 1 is 1.36 bits per heavy atom. The molecule has 1 heterocycles. The molecule has 2 aliphatic rings. The summed E-state index contributed by atoms with van der Waals surface area (Å²) in [7, 11) is 0. The minimum absolute atomic E-state index is 0.228. The van der Waals surface area contributed by atoms with Crippen molar-refractivity contribution < 1.29 is 22.7 Å². The van der Waals surface area contributed by atoms with E-state index in [9.17, 15) is 18.0 Å². The first kappa shape index (κ1) is 15.1. The van der Waals surface area contributed by atoms with Gasteiger partial charge in [-0.2, -0.15) is 0 Å². The van der Waals surface area contributed by atoms with E-state index in [0.717, 1.165) is 37.9 Å². The molecule has 3 N–H and O–H groups in total. The SMILES string of the molecule is NC(=O)c1cc(CC2CC3(CNC3)C2)ccc1OC(F)(F)F. The van der Waals surface area contributed by atoms with Crippen molar-refractivity contribution in [3.63, 3.8) is 0 Å². The number of carbonyl (C=O) groups excluding carboxylic acids is 1. The molecule has 1 aromatic carbocycles. The highest BCUT2D eigenvalue weighted by Crippen LogP contribution is 2.49. The Morgan fingerprint density at radius 2 is 2.05 bits per heavy atom. The summed E-state index contributed by atoms with van der Waals surface area (Å²) in [5, 5.41) is 3.26. The number of amides is 1. The maximum Gasteiger partial charge on any atom is 0.573 e. The lowest BCUT2D eigenvalue weighted by Gasteiger charge is -2.54. The summed E-state index contributed by atoms with van der Waals surface area (Å²) in [6.07, 6.45) is -1.86. The Kier molecular flexibility index (Phi) is 3.55. The fraction of sp³-hybridized carbons (Fsp3) is 0.533. The first-order chi connectivity index (χ1) is 10.3. The third kappa shape index (κ3) is 3.04. The molecule has 3 rings (SSSR count). The predicted molar refractivity (Wildman–Crippen MR) is 73.4 cm³/mol. The molecule has 1 saturated carbocycles. The topological polar surface area (TPSA) is 64.4 Å². The van der Waals surface area contributed by atoms with Gasteiger partial charge in [-0.05, 0) is 48.3 Å². The molecule has 0 radical (unpaired) electrons. The van der Waals surface area contributed by atoms with Gasteiger partial charge in [0.15, 0.2) is 0 Å². The Morgan fingerprint density at radius 3 is 2.55 bits per heavy atom. The third-order valence-electron chi connectivity index (χ3n) is 4.50. The van der Waals surface area contributed by atoms with Gasteiger partial charge in [-0.3, -0.25) is 4.79 Å². The van der Waals surface area contributed by atoms with E-state index in [1.807, 2.05) is 0 Å². The van der Waals surface area contributed by atoms with Gasteiger partial charge in [0.25, 0.3) is 5.91 Å². The van der Waals surface area contributed by atoms with Crippen molar-refractivity contribution in [2.24, 2.45) is 17.1 Å². The Balaban J connectivity index is 1.70. The van der Waals surface area contributed by atoms with E-state index in [-0.39, 0.29) is 5.56 Å². The largest absolute Gasteiger partial charge is 0.573 e. The van der Waals surface area contributed by atoms with Crippen molar-refractivity contribution in [2.45, 2.75) is 25.6 Å². The Bertz CT molecular complexity index is 589. The average molecular weight is 314 g/mol. The van der Waals surface area contributed by atoms with Crippen molar-refractivity contribution in [3.8, 4) is 5.75 Å². The van der Waals surface area contributed by atoms with Crippen LogP contribution in [-0.2, 0) is 6.42 Å². The van der Waals surface area contributed by atoms with Crippen LogP contribution >= 0.6 is 0 Å². The number of nitrogens with two attached hydrogens (primary N) is 1. The van der Waals surface area contributed by atoms with Gasteiger partial charge < -0.3 is 15.8 Å². The molecule has 1 spiro atoms. The van der Waals surface area contributed by atoms with E-state index < -0.39 is 18.0 Å². The first-order valence-corrected chi connectivity index (χ1v) is 7.16. The van der Waals surface area contributed by atoms with Crippen LogP contribution in [0.25, 0.3) is 0 Å². The summed E-state index contributed by atoms with van der Waals surface area (Å²) >= 11 is 0. The highest BCUT2D eigenvalue weighted by Gasteiger charge is 2.47. The summed E-state index contributed by atoms with van der Waals surface area (Å²) in [4.78, 5) is 11.4. The third-order valence-corrected chi connectivity index (χ3v) is 4.50. The zero-order valence-corrected chi connectivity index (χ0v) is 11.9. The van der Waals surface area contributed by atoms with Crippen molar-refractivity contribution >= 4 is 5.91 Å². The fourth-order valence-corrected chi connectivity index (χ4v) is 3.52. The van der Waals surface area contributed by atoms with Crippen LogP contribution in [0.1, 0.15) is 28.8 Å². The summed E-state index contributed by atoms with van der Waals surface area (Å²) in [6.45, 7) is 2.10. The molecule has 1 aliphatic heterocycles. The van der Waals surface area contributed by atoms with Crippen molar-refractivity contribution in [2.75, 3.05) is 13.1 Å². The number of hydrogen-bond acceptors (Lipinski definition) is 3. The number of alkyl halides is 3. The van der Waals surface area contributed by atoms with Gasteiger partial charge >= 0.3 is 6.36 Å². The molecule has 7 heteroatoms. The summed E-state index contributed by atoms with van der Waals surface area (Å²) in [6, 6.07) is 4.15. The fourth-order valence-electron chi connectivity index (χ4n) is 3.52. The molecule has 0 aromatic heterocycles. The Hall–Kier alpha value is -1.76. The van der Waals surface area contributed by atoms with Crippen molar-refractivity contribution in [1.29, 1.82) is 0 Å². The molecule has 2 fully saturated rings. The van der Waals surface area contributed by atoms with Crippen LogP contribution in [-0.4, -0.2) is 25.4 Å². The number of ether oxygens (including phenoxy) is 1. The second-order valence-corrected chi connectivity index (χ2v) is 6.32. The molecular formula is C15H17F3N2O2. The van der Waals surface area contributed by atoms with Crippen LogP contribution in [0, 0.1) is 11.3 Å². The minimum Gasteiger partial charge on any atom is -0.405 e. The van der Waals surface area contributed by atoms with Gasteiger partial charge in [0.1, 0.15) is 5.75 Å². The van der Waals surface area contributed by atoms with E-state index in [0.29, 0.717) is 11.3 Å². The smallest absolute Gasteiger partial charge is 0.405 e. The van der Waals surface area contributed by atoms with Crippen LogP contribution in [0.3, 0.4) is 0 Å². The van der Waals surface area contributed by atoms with Crippen LogP contribution in [0.5, 0.6) is 5.75 Å². The number of nitrogens with one attached hydrogen (secondary N) is 1. The number of hydrogen-bond donors (Lipinski definition) is 2.